The van der Waals surface area contributed by atoms with E-state index in [4.69, 9.17) is 16.0 Å². The van der Waals surface area contributed by atoms with E-state index >= 15 is 0 Å². The molecule has 0 atom stereocenters. The van der Waals surface area contributed by atoms with E-state index in [0.717, 1.165) is 11.3 Å². The third kappa shape index (κ3) is 3.35. The number of aryl methyl sites for hydroxylation is 3. The normalized spacial score (nSPS) is 10.5. The molecule has 0 fully saturated rings. The molecule has 1 N–H and O–H groups in total. The van der Waals surface area contributed by atoms with Crippen LogP contribution < -0.4 is 5.32 Å². The van der Waals surface area contributed by atoms with Gasteiger partial charge in [-0.2, -0.15) is 0 Å². The lowest BCUT2D eigenvalue weighted by atomic mass is 10.2. The summed E-state index contributed by atoms with van der Waals surface area (Å²) < 4.78 is 5.38. The van der Waals surface area contributed by atoms with Gasteiger partial charge in [0.2, 0.25) is 5.91 Å². The van der Waals surface area contributed by atoms with E-state index < -0.39 is 0 Å². The van der Waals surface area contributed by atoms with E-state index in [2.05, 4.69) is 10.3 Å². The summed E-state index contributed by atoms with van der Waals surface area (Å²) in [4.78, 5) is 16.1. The summed E-state index contributed by atoms with van der Waals surface area (Å²) in [6.07, 6.45) is 0.165. The molecular formula is C14H15ClN2O2. The highest BCUT2D eigenvalue weighted by molar-refractivity contribution is 6.31. The molecule has 4 nitrogen and oxygen atoms in total. The van der Waals surface area contributed by atoms with Crippen molar-refractivity contribution in [3.8, 4) is 0 Å². The summed E-state index contributed by atoms with van der Waals surface area (Å²) in [5, 5.41) is 3.42. The maximum absolute atomic E-state index is 12.0. The number of benzene rings is 1. The molecule has 1 aromatic carbocycles. The van der Waals surface area contributed by atoms with E-state index in [-0.39, 0.29) is 12.3 Å². The number of amides is 1. The van der Waals surface area contributed by atoms with Gasteiger partial charge in [0.1, 0.15) is 5.76 Å². The Labute approximate surface area is 116 Å². The van der Waals surface area contributed by atoms with Crippen molar-refractivity contribution in [3.63, 3.8) is 0 Å². The number of carbonyl (C=O) groups is 1. The second-order valence-electron chi connectivity index (χ2n) is 4.43. The summed E-state index contributed by atoms with van der Waals surface area (Å²) in [7, 11) is 0. The van der Waals surface area contributed by atoms with Crippen LogP contribution in [-0.2, 0) is 11.2 Å². The first-order valence-corrected chi connectivity index (χ1v) is 6.32. The minimum absolute atomic E-state index is 0.149. The van der Waals surface area contributed by atoms with Gasteiger partial charge in [0.05, 0.1) is 12.1 Å². The number of nitrogens with zero attached hydrogens (tertiary/aromatic N) is 1. The quantitative estimate of drug-likeness (QED) is 0.936. The summed E-state index contributed by atoms with van der Waals surface area (Å²) in [5.74, 6) is 1.01. The molecule has 2 rings (SSSR count). The number of hydrogen-bond donors (Lipinski definition) is 1. The average molecular weight is 279 g/mol. The van der Waals surface area contributed by atoms with Crippen molar-refractivity contribution in [3.05, 3.63) is 46.1 Å². The number of rotatable bonds is 3. The standard InChI is InChI=1S/C14H15ClN2O2/c1-8-4-5-11(15)6-12(8)17-14(18)7-13-9(2)16-10(3)19-13/h4-6H,7H2,1-3H3,(H,17,18). The molecule has 0 bridgehead atoms. The average Bonchev–Trinajstić information content (AvgIpc) is 2.62. The van der Waals surface area contributed by atoms with E-state index in [0.29, 0.717) is 22.4 Å². The molecule has 1 aromatic heterocycles. The zero-order chi connectivity index (χ0) is 14.0. The molecule has 19 heavy (non-hydrogen) atoms. The van der Waals surface area contributed by atoms with Crippen molar-refractivity contribution >= 4 is 23.2 Å². The molecule has 0 aliphatic carbocycles. The molecule has 0 unspecified atom stereocenters. The first-order chi connectivity index (χ1) is 8.95. The smallest absolute Gasteiger partial charge is 0.232 e. The molecule has 1 heterocycles. The van der Waals surface area contributed by atoms with Crippen LogP contribution in [0.3, 0.4) is 0 Å². The van der Waals surface area contributed by atoms with Crippen LogP contribution in [0.4, 0.5) is 5.69 Å². The Kier molecular flexibility index (Phi) is 3.90. The lowest BCUT2D eigenvalue weighted by Crippen LogP contribution is -2.15. The van der Waals surface area contributed by atoms with Gasteiger partial charge >= 0.3 is 0 Å². The van der Waals surface area contributed by atoms with Crippen molar-refractivity contribution in [2.24, 2.45) is 0 Å². The Morgan fingerprint density at radius 2 is 2.11 bits per heavy atom. The number of anilines is 1. The first kappa shape index (κ1) is 13.6. The maximum Gasteiger partial charge on any atom is 0.232 e. The minimum atomic E-state index is -0.149. The van der Waals surface area contributed by atoms with Gasteiger partial charge in [-0.05, 0) is 31.5 Å². The zero-order valence-corrected chi connectivity index (χ0v) is 11.8. The van der Waals surface area contributed by atoms with Gasteiger partial charge in [0.25, 0.3) is 0 Å². The predicted octanol–water partition coefficient (Wildman–Crippen LogP) is 3.43. The molecule has 5 heteroatoms. The highest BCUT2D eigenvalue weighted by Crippen LogP contribution is 2.20. The third-order valence-corrected chi connectivity index (χ3v) is 3.03. The molecular weight excluding hydrogens is 264 g/mol. The van der Waals surface area contributed by atoms with Gasteiger partial charge in [-0.15, -0.1) is 0 Å². The van der Waals surface area contributed by atoms with Crippen molar-refractivity contribution in [1.29, 1.82) is 0 Å². The molecule has 1 amide bonds. The Bertz CT molecular complexity index is 620. The minimum Gasteiger partial charge on any atom is -0.445 e. The number of halogens is 1. The van der Waals surface area contributed by atoms with E-state index in [1.54, 1.807) is 19.1 Å². The molecule has 0 aliphatic heterocycles. The zero-order valence-electron chi connectivity index (χ0n) is 11.1. The molecule has 0 aliphatic rings. The van der Waals surface area contributed by atoms with E-state index in [9.17, 15) is 4.79 Å². The van der Waals surface area contributed by atoms with Crippen molar-refractivity contribution < 1.29 is 9.21 Å². The number of carbonyl (C=O) groups excluding carboxylic acids is 1. The van der Waals surface area contributed by atoms with Crippen LogP contribution in [0.1, 0.15) is 22.9 Å². The van der Waals surface area contributed by atoms with Crippen molar-refractivity contribution in [2.75, 3.05) is 5.32 Å². The van der Waals surface area contributed by atoms with E-state index in [1.807, 2.05) is 19.9 Å². The van der Waals surface area contributed by atoms with Crippen LogP contribution in [0.5, 0.6) is 0 Å². The largest absolute Gasteiger partial charge is 0.445 e. The fourth-order valence-electron chi connectivity index (χ4n) is 1.81. The summed E-state index contributed by atoms with van der Waals surface area (Å²) in [5.41, 5.74) is 2.42. The second-order valence-corrected chi connectivity index (χ2v) is 4.86. The second kappa shape index (κ2) is 5.45. The van der Waals surface area contributed by atoms with Gasteiger partial charge < -0.3 is 9.73 Å². The lowest BCUT2D eigenvalue weighted by molar-refractivity contribution is -0.115. The summed E-state index contributed by atoms with van der Waals surface area (Å²) >= 11 is 5.91. The van der Waals surface area contributed by atoms with E-state index in [1.165, 1.54) is 0 Å². The number of oxazole rings is 1. The third-order valence-electron chi connectivity index (χ3n) is 2.79. The van der Waals surface area contributed by atoms with Crippen LogP contribution in [-0.4, -0.2) is 10.9 Å². The highest BCUT2D eigenvalue weighted by Gasteiger charge is 2.12. The molecule has 0 radical (unpaired) electrons. The Morgan fingerprint density at radius 1 is 1.37 bits per heavy atom. The van der Waals surface area contributed by atoms with Crippen LogP contribution in [0.15, 0.2) is 22.6 Å². The summed E-state index contributed by atoms with van der Waals surface area (Å²) in [6, 6.07) is 5.38. The molecule has 100 valence electrons. The van der Waals surface area contributed by atoms with Crippen LogP contribution in [0.2, 0.25) is 5.02 Å². The van der Waals surface area contributed by atoms with Gasteiger partial charge in [-0.3, -0.25) is 4.79 Å². The van der Waals surface area contributed by atoms with Crippen LogP contribution in [0, 0.1) is 20.8 Å². The SMILES string of the molecule is Cc1nc(C)c(CC(=O)Nc2cc(Cl)ccc2C)o1. The van der Waals surface area contributed by atoms with Gasteiger partial charge in [0, 0.05) is 17.6 Å². The Balaban J connectivity index is 2.09. The predicted molar refractivity (Wildman–Crippen MR) is 74.5 cm³/mol. The van der Waals surface area contributed by atoms with Gasteiger partial charge in [0.15, 0.2) is 5.89 Å². The Hall–Kier alpha value is -1.81. The lowest BCUT2D eigenvalue weighted by Gasteiger charge is -2.08. The van der Waals surface area contributed by atoms with Crippen molar-refractivity contribution in [2.45, 2.75) is 27.2 Å². The molecule has 2 aromatic rings. The first-order valence-electron chi connectivity index (χ1n) is 5.94. The van der Waals surface area contributed by atoms with Crippen LogP contribution >= 0.6 is 11.6 Å². The molecule has 0 saturated carbocycles. The fourth-order valence-corrected chi connectivity index (χ4v) is 1.98. The monoisotopic (exact) mass is 278 g/mol. The van der Waals surface area contributed by atoms with Crippen molar-refractivity contribution in [1.82, 2.24) is 4.98 Å². The highest BCUT2D eigenvalue weighted by atomic mass is 35.5. The Morgan fingerprint density at radius 3 is 2.74 bits per heavy atom. The number of nitrogens with one attached hydrogen (secondary N) is 1. The topological polar surface area (TPSA) is 55.1 Å². The fraction of sp³-hybridized carbons (Fsp3) is 0.286. The number of hydrogen-bond acceptors (Lipinski definition) is 3. The van der Waals surface area contributed by atoms with Crippen LogP contribution in [0.25, 0.3) is 0 Å². The van der Waals surface area contributed by atoms with Gasteiger partial charge in [-0.1, -0.05) is 17.7 Å². The maximum atomic E-state index is 12.0. The van der Waals surface area contributed by atoms with Gasteiger partial charge in [-0.25, -0.2) is 4.98 Å². The number of aromatic nitrogens is 1. The summed E-state index contributed by atoms with van der Waals surface area (Å²) in [6.45, 7) is 5.50. The molecule has 0 spiro atoms. The molecule has 0 saturated heterocycles.